The monoisotopic (exact) mass is 431 g/mol. The molecule has 3 aliphatic heterocycles. The number of aromatic nitrogens is 1. The second kappa shape index (κ2) is 7.70. The highest BCUT2D eigenvalue weighted by molar-refractivity contribution is 7.92. The van der Waals surface area contributed by atoms with Gasteiger partial charge in [-0.15, -0.1) is 0 Å². The largest absolute Gasteiger partial charge is 0.480 e. The highest BCUT2D eigenvalue weighted by Crippen LogP contribution is 2.45. The number of pyridine rings is 1. The van der Waals surface area contributed by atoms with Gasteiger partial charge in [-0.2, -0.15) is 0 Å². The van der Waals surface area contributed by atoms with Crippen molar-refractivity contribution in [3.05, 3.63) is 17.3 Å². The van der Waals surface area contributed by atoms with Gasteiger partial charge in [-0.25, -0.2) is 13.4 Å². The molecule has 1 aromatic rings. The fourth-order valence-electron chi connectivity index (χ4n) is 4.41. The molecule has 0 saturated carbocycles. The van der Waals surface area contributed by atoms with Gasteiger partial charge in [0.05, 0.1) is 29.9 Å². The van der Waals surface area contributed by atoms with E-state index < -0.39 is 20.9 Å². The maximum atomic E-state index is 13.6. The molecular weight excluding hydrogens is 406 g/mol. The van der Waals surface area contributed by atoms with Crippen LogP contribution < -0.4 is 10.1 Å². The smallest absolute Gasteiger partial charge is 0.232 e. The lowest BCUT2D eigenvalue weighted by Crippen LogP contribution is -2.59. The van der Waals surface area contributed by atoms with E-state index in [-0.39, 0.29) is 27.9 Å². The summed E-state index contributed by atoms with van der Waals surface area (Å²) in [5.41, 5.74) is -1.41. The lowest BCUT2D eigenvalue weighted by atomic mass is 9.87. The summed E-state index contributed by atoms with van der Waals surface area (Å²) in [5, 5.41) is 3.57. The Morgan fingerprint density at radius 2 is 2.04 bits per heavy atom. The Kier molecular flexibility index (Phi) is 5.58. The lowest BCUT2D eigenvalue weighted by molar-refractivity contribution is -0.0613. The Morgan fingerprint density at radius 3 is 2.68 bits per heavy atom. The van der Waals surface area contributed by atoms with Crippen molar-refractivity contribution in [2.45, 2.75) is 47.3 Å². The van der Waals surface area contributed by atoms with Gasteiger partial charge in [0.15, 0.2) is 5.44 Å². The molecule has 8 nitrogen and oxygen atoms in total. The van der Waals surface area contributed by atoms with E-state index in [9.17, 15) is 8.42 Å². The molecule has 0 radical (unpaired) electrons. The fourth-order valence-corrected chi connectivity index (χ4v) is 6.56. The van der Waals surface area contributed by atoms with E-state index in [4.69, 9.17) is 25.8 Å². The number of hydrogen-bond acceptors (Lipinski definition) is 8. The molecule has 28 heavy (non-hydrogen) atoms. The Labute approximate surface area is 170 Å². The molecule has 1 spiro atoms. The van der Waals surface area contributed by atoms with Gasteiger partial charge in [-0.3, -0.25) is 4.90 Å². The highest BCUT2D eigenvalue weighted by atomic mass is 35.5. The van der Waals surface area contributed by atoms with Crippen LogP contribution in [0, 0.1) is 0 Å². The van der Waals surface area contributed by atoms with Crippen molar-refractivity contribution in [3.63, 3.8) is 0 Å². The number of nitrogens with zero attached hydrogens (tertiary/aromatic N) is 2. The Morgan fingerprint density at radius 1 is 1.32 bits per heavy atom. The van der Waals surface area contributed by atoms with Gasteiger partial charge in [0.1, 0.15) is 4.90 Å². The summed E-state index contributed by atoms with van der Waals surface area (Å²) in [7, 11) is -0.794. The molecule has 0 bridgehead atoms. The van der Waals surface area contributed by atoms with Crippen LogP contribution in [-0.2, 0) is 19.3 Å². The van der Waals surface area contributed by atoms with Crippen molar-refractivity contribution in [2.24, 2.45) is 0 Å². The molecule has 10 heteroatoms. The minimum Gasteiger partial charge on any atom is -0.480 e. The first kappa shape index (κ1) is 20.3. The van der Waals surface area contributed by atoms with Gasteiger partial charge in [0, 0.05) is 26.4 Å². The summed E-state index contributed by atoms with van der Waals surface area (Å²) in [5.74, 6) is 0.0383. The Balaban J connectivity index is 1.69. The molecule has 0 amide bonds. The average Bonchev–Trinajstić information content (AvgIpc) is 3.00. The van der Waals surface area contributed by atoms with E-state index in [0.717, 1.165) is 25.9 Å². The van der Waals surface area contributed by atoms with Gasteiger partial charge in [0.25, 0.3) is 0 Å². The molecular formula is C18H26ClN3O5S. The second-order valence-corrected chi connectivity index (χ2v) is 10.1. The van der Waals surface area contributed by atoms with Gasteiger partial charge in [-0.05, 0) is 38.4 Å². The number of hydrogen-bond donors (Lipinski definition) is 1. The van der Waals surface area contributed by atoms with Gasteiger partial charge in [0.2, 0.25) is 15.7 Å². The average molecular weight is 432 g/mol. The zero-order valence-corrected chi connectivity index (χ0v) is 17.6. The van der Waals surface area contributed by atoms with Crippen LogP contribution in [-0.4, -0.2) is 81.9 Å². The van der Waals surface area contributed by atoms with E-state index in [2.05, 4.69) is 15.2 Å². The van der Waals surface area contributed by atoms with E-state index in [1.54, 1.807) is 7.11 Å². The lowest BCUT2D eigenvalue weighted by Gasteiger charge is -2.43. The predicted octanol–water partition coefficient (Wildman–Crippen LogP) is 1.09. The number of halogens is 1. The molecule has 3 fully saturated rings. The van der Waals surface area contributed by atoms with Crippen molar-refractivity contribution in [1.82, 2.24) is 15.2 Å². The number of methoxy groups -OCH3 is 2. The molecule has 2 unspecified atom stereocenters. The molecule has 0 aliphatic carbocycles. The van der Waals surface area contributed by atoms with Crippen LogP contribution >= 0.6 is 11.6 Å². The van der Waals surface area contributed by atoms with Crippen LogP contribution in [0.25, 0.3) is 0 Å². The van der Waals surface area contributed by atoms with Crippen molar-refractivity contribution in [3.8, 4) is 5.88 Å². The molecule has 3 saturated heterocycles. The first-order valence-electron chi connectivity index (χ1n) is 9.47. The zero-order valence-electron chi connectivity index (χ0n) is 16.1. The number of piperidine rings is 1. The fraction of sp³-hybridized carbons (Fsp3) is 0.722. The topological polar surface area (TPSA) is 90.0 Å². The first-order chi connectivity index (χ1) is 13.4. The molecule has 156 valence electrons. The van der Waals surface area contributed by atoms with Crippen LogP contribution in [0.5, 0.6) is 5.88 Å². The zero-order chi connectivity index (χ0) is 19.9. The van der Waals surface area contributed by atoms with Crippen molar-refractivity contribution in [1.29, 1.82) is 0 Å². The first-order valence-corrected chi connectivity index (χ1v) is 11.4. The summed E-state index contributed by atoms with van der Waals surface area (Å²) in [6, 6.07) is 1.16. The standard InChI is InChI=1S/C18H26ClN3O5S/c1-25-13-10-22(11-13)14-8-18(3-5-20-6-4-18)27-17(14)28(23,24)15-7-12(19)9-21-16(15)26-2/h7,9,13-14,17,20H,3-6,8,10-11H2,1-2H3. The van der Waals surface area contributed by atoms with E-state index in [1.807, 2.05) is 0 Å². The minimum atomic E-state index is -3.87. The molecule has 3 aliphatic rings. The molecule has 2 atom stereocenters. The minimum absolute atomic E-state index is 0.0210. The number of ether oxygens (including phenoxy) is 3. The summed E-state index contributed by atoms with van der Waals surface area (Å²) in [6.45, 7) is 3.05. The number of nitrogens with one attached hydrogen (secondary N) is 1. The highest BCUT2D eigenvalue weighted by Gasteiger charge is 2.56. The van der Waals surface area contributed by atoms with E-state index in [1.165, 1.54) is 19.4 Å². The van der Waals surface area contributed by atoms with Crippen LogP contribution in [0.1, 0.15) is 19.3 Å². The van der Waals surface area contributed by atoms with Crippen LogP contribution in [0.2, 0.25) is 5.02 Å². The van der Waals surface area contributed by atoms with Gasteiger partial charge in [-0.1, -0.05) is 11.6 Å². The van der Waals surface area contributed by atoms with Crippen molar-refractivity contribution >= 4 is 21.4 Å². The molecule has 4 rings (SSSR count). The van der Waals surface area contributed by atoms with Gasteiger partial charge >= 0.3 is 0 Å². The molecule has 4 heterocycles. The van der Waals surface area contributed by atoms with Crippen LogP contribution in [0.4, 0.5) is 0 Å². The second-order valence-electron chi connectivity index (χ2n) is 7.71. The van der Waals surface area contributed by atoms with Crippen molar-refractivity contribution in [2.75, 3.05) is 40.4 Å². The number of likely N-dealkylation sites (tertiary alicyclic amines) is 1. The molecule has 0 aromatic carbocycles. The van der Waals surface area contributed by atoms with Crippen molar-refractivity contribution < 1.29 is 22.6 Å². The van der Waals surface area contributed by atoms with Crippen LogP contribution in [0.3, 0.4) is 0 Å². The van der Waals surface area contributed by atoms with E-state index in [0.29, 0.717) is 19.5 Å². The number of rotatable bonds is 5. The number of sulfone groups is 1. The summed E-state index contributed by atoms with van der Waals surface area (Å²) < 4.78 is 44.2. The summed E-state index contributed by atoms with van der Waals surface area (Å²) in [6.07, 6.45) is 3.78. The predicted molar refractivity (Wildman–Crippen MR) is 103 cm³/mol. The quantitative estimate of drug-likeness (QED) is 0.740. The van der Waals surface area contributed by atoms with Gasteiger partial charge < -0.3 is 19.5 Å². The third kappa shape index (κ3) is 3.53. The summed E-state index contributed by atoms with van der Waals surface area (Å²) >= 11 is 6.05. The maximum absolute atomic E-state index is 13.6. The Hall–Kier alpha value is -0.970. The van der Waals surface area contributed by atoms with E-state index >= 15 is 0 Å². The normalized spacial score (nSPS) is 28.4. The molecule has 1 aromatic heterocycles. The Bertz CT molecular complexity index is 825. The molecule has 1 N–H and O–H groups in total. The third-order valence-corrected chi connectivity index (χ3v) is 8.18. The SMILES string of the molecule is COc1ncc(Cl)cc1S(=O)(=O)C1OC2(CCNCC2)CC1N1CC(OC)C1. The third-order valence-electron chi connectivity index (χ3n) is 6.05. The maximum Gasteiger partial charge on any atom is 0.232 e. The summed E-state index contributed by atoms with van der Waals surface area (Å²) in [4.78, 5) is 6.16. The van der Waals surface area contributed by atoms with Crippen LogP contribution in [0.15, 0.2) is 17.2 Å².